The van der Waals surface area contributed by atoms with Crippen molar-refractivity contribution in [2.75, 3.05) is 25.0 Å². The van der Waals surface area contributed by atoms with Crippen molar-refractivity contribution in [2.24, 2.45) is 5.73 Å². The number of rotatable bonds is 10. The number of hydrogen-bond donors (Lipinski definition) is 6. The van der Waals surface area contributed by atoms with Gasteiger partial charge in [-0.3, -0.25) is 14.9 Å². The SMILES string of the molecule is NCCCc1c(C(=O)O)[nH]c2ccc(C(=O)Nc3nc(C(=O)NCCCO)cs3)cc12. The number of carbonyl (C=O) groups excluding carboxylic acids is 2. The van der Waals surface area contributed by atoms with Crippen molar-refractivity contribution < 1.29 is 24.6 Å². The number of amides is 2. The average molecular weight is 446 g/mol. The van der Waals surface area contributed by atoms with Gasteiger partial charge in [-0.1, -0.05) is 0 Å². The molecule has 2 heterocycles. The molecular weight excluding hydrogens is 422 g/mol. The van der Waals surface area contributed by atoms with Gasteiger partial charge in [-0.25, -0.2) is 9.78 Å². The Balaban J connectivity index is 1.78. The molecule has 0 unspecified atom stereocenters. The van der Waals surface area contributed by atoms with Gasteiger partial charge >= 0.3 is 5.97 Å². The van der Waals surface area contributed by atoms with Crippen LogP contribution in [-0.2, 0) is 6.42 Å². The fourth-order valence-electron chi connectivity index (χ4n) is 3.09. The molecule has 0 bridgehead atoms. The molecule has 11 heteroatoms. The minimum atomic E-state index is -1.07. The average Bonchev–Trinajstić information content (AvgIpc) is 3.36. The normalized spacial score (nSPS) is 10.9. The summed E-state index contributed by atoms with van der Waals surface area (Å²) in [6.07, 6.45) is 1.54. The number of fused-ring (bicyclic) bond motifs is 1. The van der Waals surface area contributed by atoms with Crippen LogP contribution in [0.3, 0.4) is 0 Å². The fourth-order valence-corrected chi connectivity index (χ4v) is 3.77. The second kappa shape index (κ2) is 10.2. The summed E-state index contributed by atoms with van der Waals surface area (Å²) in [5, 5.41) is 26.0. The number of hydrogen-bond acceptors (Lipinski definition) is 7. The van der Waals surface area contributed by atoms with Crippen LogP contribution in [0.15, 0.2) is 23.6 Å². The van der Waals surface area contributed by atoms with Gasteiger partial charge in [-0.15, -0.1) is 11.3 Å². The maximum Gasteiger partial charge on any atom is 0.352 e. The number of aromatic nitrogens is 2. The molecule has 0 saturated carbocycles. The number of nitrogens with two attached hydrogens (primary N) is 1. The van der Waals surface area contributed by atoms with E-state index in [-0.39, 0.29) is 29.0 Å². The van der Waals surface area contributed by atoms with Crippen molar-refractivity contribution in [3.05, 3.63) is 46.1 Å². The van der Waals surface area contributed by atoms with Gasteiger partial charge in [0.2, 0.25) is 0 Å². The molecule has 164 valence electrons. The molecule has 0 aliphatic carbocycles. The standard InChI is InChI=1S/C20H23N5O5S/c21-6-1-3-12-13-9-11(4-5-14(13)23-16(12)19(29)30)17(27)25-20-24-15(10-31-20)18(28)22-7-2-8-26/h4-5,9-10,23,26H,1-3,6-8,21H2,(H,22,28)(H,29,30)(H,24,25,27). The maximum absolute atomic E-state index is 12.7. The van der Waals surface area contributed by atoms with E-state index in [2.05, 4.69) is 20.6 Å². The Morgan fingerprint density at radius 2 is 2.00 bits per heavy atom. The van der Waals surface area contributed by atoms with Gasteiger partial charge in [-0.05, 0) is 49.6 Å². The Labute approximate surface area is 181 Å². The molecule has 7 N–H and O–H groups in total. The first-order valence-electron chi connectivity index (χ1n) is 9.68. The van der Waals surface area contributed by atoms with Crippen LogP contribution in [0.2, 0.25) is 0 Å². The molecule has 0 atom stereocenters. The molecule has 10 nitrogen and oxygen atoms in total. The predicted octanol–water partition coefficient (Wildman–Crippen LogP) is 1.58. The van der Waals surface area contributed by atoms with E-state index in [4.69, 9.17) is 10.8 Å². The fraction of sp³-hybridized carbons (Fsp3) is 0.300. The van der Waals surface area contributed by atoms with Gasteiger partial charge in [0.15, 0.2) is 5.13 Å². The number of carboxylic acid groups (broad SMARTS) is 1. The number of carboxylic acids is 1. The lowest BCUT2D eigenvalue weighted by atomic mass is 10.0. The topological polar surface area (TPSA) is 170 Å². The summed E-state index contributed by atoms with van der Waals surface area (Å²) < 4.78 is 0. The number of carbonyl (C=O) groups is 3. The predicted molar refractivity (Wildman–Crippen MR) is 117 cm³/mol. The van der Waals surface area contributed by atoms with Crippen molar-refractivity contribution in [3.8, 4) is 0 Å². The number of benzene rings is 1. The van der Waals surface area contributed by atoms with E-state index in [1.165, 1.54) is 5.38 Å². The Bertz CT molecular complexity index is 1110. The van der Waals surface area contributed by atoms with Crippen LogP contribution in [0, 0.1) is 0 Å². The first-order chi connectivity index (χ1) is 14.9. The summed E-state index contributed by atoms with van der Waals surface area (Å²) in [5.74, 6) is -1.88. The zero-order chi connectivity index (χ0) is 22.4. The number of aliphatic hydroxyl groups excluding tert-OH is 1. The molecule has 0 saturated heterocycles. The highest BCUT2D eigenvalue weighted by Crippen LogP contribution is 2.26. The number of anilines is 1. The minimum absolute atomic E-state index is 0.0218. The highest BCUT2D eigenvalue weighted by Gasteiger charge is 2.19. The Morgan fingerprint density at radius 1 is 1.19 bits per heavy atom. The highest BCUT2D eigenvalue weighted by atomic mass is 32.1. The van der Waals surface area contributed by atoms with Crippen molar-refractivity contribution in [1.82, 2.24) is 15.3 Å². The number of nitrogens with zero attached hydrogens (tertiary/aromatic N) is 1. The van der Waals surface area contributed by atoms with Gasteiger partial charge in [0.1, 0.15) is 11.4 Å². The summed E-state index contributed by atoms with van der Waals surface area (Å²) in [4.78, 5) is 43.2. The van der Waals surface area contributed by atoms with E-state index >= 15 is 0 Å². The molecule has 2 amide bonds. The van der Waals surface area contributed by atoms with E-state index in [1.807, 2.05) is 0 Å². The number of H-pyrrole nitrogens is 1. The van der Waals surface area contributed by atoms with E-state index in [1.54, 1.807) is 18.2 Å². The van der Waals surface area contributed by atoms with Crippen LogP contribution in [-0.4, -0.2) is 57.7 Å². The molecule has 3 rings (SSSR count). The van der Waals surface area contributed by atoms with Gasteiger partial charge in [-0.2, -0.15) is 0 Å². The third-order valence-electron chi connectivity index (χ3n) is 4.59. The molecule has 2 aromatic heterocycles. The van der Waals surface area contributed by atoms with Crippen molar-refractivity contribution >= 4 is 45.2 Å². The molecule has 0 aliphatic heterocycles. The maximum atomic E-state index is 12.7. The smallest absolute Gasteiger partial charge is 0.352 e. The molecular formula is C20H23N5O5S. The number of aliphatic hydroxyl groups is 1. The summed E-state index contributed by atoms with van der Waals surface area (Å²) in [6.45, 7) is 0.730. The summed E-state index contributed by atoms with van der Waals surface area (Å²) >= 11 is 1.11. The van der Waals surface area contributed by atoms with Crippen molar-refractivity contribution in [3.63, 3.8) is 0 Å². The van der Waals surface area contributed by atoms with Crippen LogP contribution in [0.1, 0.15) is 49.7 Å². The second-order valence-corrected chi connectivity index (χ2v) is 7.62. The third-order valence-corrected chi connectivity index (χ3v) is 5.35. The number of aromatic carboxylic acids is 1. The molecule has 0 fully saturated rings. The largest absolute Gasteiger partial charge is 0.477 e. The van der Waals surface area contributed by atoms with Gasteiger partial charge in [0.25, 0.3) is 11.8 Å². The van der Waals surface area contributed by atoms with Crippen LogP contribution in [0.4, 0.5) is 5.13 Å². The van der Waals surface area contributed by atoms with E-state index in [0.717, 1.165) is 11.3 Å². The lowest BCUT2D eigenvalue weighted by Crippen LogP contribution is -2.25. The van der Waals surface area contributed by atoms with Crippen LogP contribution < -0.4 is 16.4 Å². The summed E-state index contributed by atoms with van der Waals surface area (Å²) in [6, 6.07) is 4.88. The van der Waals surface area contributed by atoms with E-state index in [0.29, 0.717) is 54.4 Å². The van der Waals surface area contributed by atoms with E-state index in [9.17, 15) is 19.5 Å². The molecule has 0 aliphatic rings. The highest BCUT2D eigenvalue weighted by molar-refractivity contribution is 7.14. The molecule has 0 spiro atoms. The zero-order valence-corrected chi connectivity index (χ0v) is 17.4. The quantitative estimate of drug-likeness (QED) is 0.257. The first-order valence-corrected chi connectivity index (χ1v) is 10.6. The summed E-state index contributed by atoms with van der Waals surface area (Å²) in [7, 11) is 0. The minimum Gasteiger partial charge on any atom is -0.477 e. The number of aryl methyl sites for hydroxylation is 1. The Kier molecular flexibility index (Phi) is 7.34. The third kappa shape index (κ3) is 5.26. The van der Waals surface area contributed by atoms with Gasteiger partial charge in [0, 0.05) is 35.0 Å². The number of nitrogens with one attached hydrogen (secondary N) is 3. The molecule has 3 aromatic rings. The Hall–Kier alpha value is -3.28. The summed E-state index contributed by atoms with van der Waals surface area (Å²) in [5.41, 5.74) is 7.41. The molecule has 0 radical (unpaired) electrons. The first kappa shape index (κ1) is 22.4. The van der Waals surface area contributed by atoms with Gasteiger partial charge in [0.05, 0.1) is 0 Å². The lowest BCUT2D eigenvalue weighted by molar-refractivity contribution is 0.0689. The zero-order valence-electron chi connectivity index (χ0n) is 16.6. The monoisotopic (exact) mass is 445 g/mol. The van der Waals surface area contributed by atoms with Gasteiger partial charge < -0.3 is 26.2 Å². The molecule has 1 aromatic carbocycles. The number of aromatic amines is 1. The Morgan fingerprint density at radius 3 is 2.71 bits per heavy atom. The lowest BCUT2D eigenvalue weighted by Gasteiger charge is -2.04. The number of thiazole rings is 1. The van der Waals surface area contributed by atoms with Crippen LogP contribution in [0.25, 0.3) is 10.9 Å². The van der Waals surface area contributed by atoms with Crippen molar-refractivity contribution in [1.29, 1.82) is 0 Å². The van der Waals surface area contributed by atoms with Crippen molar-refractivity contribution in [2.45, 2.75) is 19.3 Å². The van der Waals surface area contributed by atoms with Crippen LogP contribution >= 0.6 is 11.3 Å². The van der Waals surface area contributed by atoms with E-state index < -0.39 is 11.9 Å². The molecule has 31 heavy (non-hydrogen) atoms. The second-order valence-electron chi connectivity index (χ2n) is 6.76. The van der Waals surface area contributed by atoms with Crippen LogP contribution in [0.5, 0.6) is 0 Å².